The molecule has 0 saturated carbocycles. The van der Waals surface area contributed by atoms with E-state index in [4.69, 9.17) is 9.15 Å². The molecule has 0 spiro atoms. The van der Waals surface area contributed by atoms with E-state index in [1.165, 1.54) is 22.6 Å². The largest absolute Gasteiger partial charge is 0.497 e. The smallest absolute Gasteiger partial charge is 0.280 e. The lowest BCUT2D eigenvalue weighted by Crippen LogP contribution is -2.25. The maximum absolute atomic E-state index is 13.2. The van der Waals surface area contributed by atoms with Gasteiger partial charge in [-0.2, -0.15) is 10.1 Å². The SMILES string of the molecule is COc1ccc2nc(N(/N=C/c3ccco3)C(=O)c3cccc(Br)c3)sc2c1. The number of fused-ring (bicyclic) bond motifs is 1. The molecule has 2 heterocycles. The highest BCUT2D eigenvalue weighted by Crippen LogP contribution is 2.32. The molecule has 0 saturated heterocycles. The minimum absolute atomic E-state index is 0.296. The summed E-state index contributed by atoms with van der Waals surface area (Å²) < 4.78 is 12.3. The summed E-state index contributed by atoms with van der Waals surface area (Å²) in [6.07, 6.45) is 3.04. The number of carbonyl (C=O) groups excluding carboxylic acids is 1. The van der Waals surface area contributed by atoms with Crippen molar-refractivity contribution < 1.29 is 13.9 Å². The molecule has 8 heteroatoms. The molecule has 6 nitrogen and oxygen atoms in total. The van der Waals surface area contributed by atoms with Gasteiger partial charge in [-0.05, 0) is 48.5 Å². The fourth-order valence-electron chi connectivity index (χ4n) is 2.52. The molecule has 1 amide bonds. The summed E-state index contributed by atoms with van der Waals surface area (Å²) in [5.41, 5.74) is 1.25. The Labute approximate surface area is 173 Å². The number of anilines is 1. The lowest BCUT2D eigenvalue weighted by atomic mass is 10.2. The second kappa shape index (κ2) is 7.95. The van der Waals surface area contributed by atoms with E-state index in [-0.39, 0.29) is 5.91 Å². The first-order chi connectivity index (χ1) is 13.6. The summed E-state index contributed by atoms with van der Waals surface area (Å²) in [5.74, 6) is 0.969. The number of methoxy groups -OCH3 is 1. The summed E-state index contributed by atoms with van der Waals surface area (Å²) in [6, 6.07) is 16.2. The standard InChI is InChI=1S/C20H14BrN3O3S/c1-26-15-7-8-17-18(11-15)28-20(23-17)24(22-12-16-6-3-9-27-16)19(25)13-4-2-5-14(21)10-13/h2-12H,1H3/b22-12+. The number of benzene rings is 2. The van der Waals surface area contributed by atoms with Crippen LogP contribution in [0.4, 0.5) is 5.13 Å². The molecule has 0 unspecified atom stereocenters. The summed E-state index contributed by atoms with van der Waals surface area (Å²) in [4.78, 5) is 17.7. The van der Waals surface area contributed by atoms with Crippen LogP contribution in [0.25, 0.3) is 10.2 Å². The van der Waals surface area contributed by atoms with Gasteiger partial charge in [0.25, 0.3) is 5.91 Å². The minimum atomic E-state index is -0.296. The van der Waals surface area contributed by atoms with E-state index < -0.39 is 0 Å². The number of hydrazone groups is 1. The molecule has 0 radical (unpaired) electrons. The highest BCUT2D eigenvalue weighted by atomic mass is 79.9. The Balaban J connectivity index is 1.77. The summed E-state index contributed by atoms with van der Waals surface area (Å²) in [6.45, 7) is 0. The Morgan fingerprint density at radius 1 is 1.25 bits per heavy atom. The first kappa shape index (κ1) is 18.4. The summed E-state index contributed by atoms with van der Waals surface area (Å²) in [7, 11) is 1.61. The van der Waals surface area contributed by atoms with Crippen molar-refractivity contribution in [2.45, 2.75) is 0 Å². The molecule has 0 aliphatic rings. The average molecular weight is 456 g/mol. The number of rotatable bonds is 5. The maximum Gasteiger partial charge on any atom is 0.280 e. The van der Waals surface area contributed by atoms with Crippen molar-refractivity contribution >= 4 is 54.7 Å². The zero-order chi connectivity index (χ0) is 19.5. The molecule has 2 aromatic carbocycles. The van der Waals surface area contributed by atoms with Crippen LogP contribution in [0.15, 0.2) is 74.9 Å². The predicted molar refractivity (Wildman–Crippen MR) is 113 cm³/mol. The van der Waals surface area contributed by atoms with E-state index in [2.05, 4.69) is 26.0 Å². The molecule has 0 bridgehead atoms. The fourth-order valence-corrected chi connectivity index (χ4v) is 3.87. The first-order valence-electron chi connectivity index (χ1n) is 8.26. The van der Waals surface area contributed by atoms with Crippen LogP contribution in [0.5, 0.6) is 5.75 Å². The summed E-state index contributed by atoms with van der Waals surface area (Å²) >= 11 is 4.76. The lowest BCUT2D eigenvalue weighted by Gasteiger charge is -2.13. The summed E-state index contributed by atoms with van der Waals surface area (Å²) in [5, 5.41) is 6.08. The van der Waals surface area contributed by atoms with E-state index in [1.54, 1.807) is 43.7 Å². The van der Waals surface area contributed by atoms with Crippen molar-refractivity contribution in [3.05, 3.63) is 76.7 Å². The van der Waals surface area contributed by atoms with Crippen LogP contribution >= 0.6 is 27.3 Å². The van der Waals surface area contributed by atoms with Gasteiger partial charge < -0.3 is 9.15 Å². The molecular weight excluding hydrogens is 442 g/mol. The number of hydrogen-bond acceptors (Lipinski definition) is 6. The van der Waals surface area contributed by atoms with E-state index in [0.717, 1.165) is 20.4 Å². The minimum Gasteiger partial charge on any atom is -0.497 e. The maximum atomic E-state index is 13.2. The van der Waals surface area contributed by atoms with Gasteiger partial charge >= 0.3 is 0 Å². The molecule has 28 heavy (non-hydrogen) atoms. The van der Waals surface area contributed by atoms with Gasteiger partial charge in [0.05, 0.1) is 29.8 Å². The number of thiazole rings is 1. The van der Waals surface area contributed by atoms with E-state index in [9.17, 15) is 4.79 Å². The number of nitrogens with zero attached hydrogens (tertiary/aromatic N) is 3. The number of amides is 1. The van der Waals surface area contributed by atoms with Crippen LogP contribution in [0.1, 0.15) is 16.1 Å². The van der Waals surface area contributed by atoms with Crippen molar-refractivity contribution in [1.82, 2.24) is 4.98 Å². The van der Waals surface area contributed by atoms with E-state index in [0.29, 0.717) is 16.5 Å². The molecule has 140 valence electrons. The third-order valence-electron chi connectivity index (χ3n) is 3.87. The van der Waals surface area contributed by atoms with Crippen LogP contribution < -0.4 is 9.75 Å². The Bertz CT molecular complexity index is 1150. The highest BCUT2D eigenvalue weighted by molar-refractivity contribution is 9.10. The number of halogens is 1. The van der Waals surface area contributed by atoms with Crippen LogP contribution in [0.3, 0.4) is 0 Å². The number of carbonyl (C=O) groups is 1. The zero-order valence-electron chi connectivity index (χ0n) is 14.7. The molecule has 4 rings (SSSR count). The van der Waals surface area contributed by atoms with Gasteiger partial charge in [-0.25, -0.2) is 4.98 Å². The van der Waals surface area contributed by atoms with Crippen molar-refractivity contribution in [1.29, 1.82) is 0 Å². The molecule has 0 N–H and O–H groups in total. The third kappa shape index (κ3) is 3.83. The Morgan fingerprint density at radius 2 is 2.14 bits per heavy atom. The monoisotopic (exact) mass is 455 g/mol. The van der Waals surface area contributed by atoms with Crippen LogP contribution in [0.2, 0.25) is 0 Å². The Hall–Kier alpha value is -2.97. The molecule has 0 atom stereocenters. The normalized spacial score (nSPS) is 11.2. The van der Waals surface area contributed by atoms with Gasteiger partial charge in [0.1, 0.15) is 11.5 Å². The number of furan rings is 1. The fraction of sp³-hybridized carbons (Fsp3) is 0.0500. The predicted octanol–water partition coefficient (Wildman–Crippen LogP) is 5.34. The Kier molecular flexibility index (Phi) is 5.23. The topological polar surface area (TPSA) is 67.9 Å². The van der Waals surface area contributed by atoms with Gasteiger partial charge in [-0.15, -0.1) is 0 Å². The van der Waals surface area contributed by atoms with Gasteiger partial charge in [0.2, 0.25) is 5.13 Å². The third-order valence-corrected chi connectivity index (χ3v) is 5.36. The second-order valence-electron chi connectivity index (χ2n) is 5.72. The van der Waals surface area contributed by atoms with Crippen LogP contribution in [-0.4, -0.2) is 24.2 Å². The van der Waals surface area contributed by atoms with Crippen molar-refractivity contribution in [2.75, 3.05) is 12.1 Å². The number of ether oxygens (including phenoxy) is 1. The van der Waals surface area contributed by atoms with E-state index in [1.807, 2.05) is 24.3 Å². The van der Waals surface area contributed by atoms with Crippen LogP contribution in [0, 0.1) is 0 Å². The van der Waals surface area contributed by atoms with Crippen molar-refractivity contribution in [2.24, 2.45) is 5.10 Å². The number of aromatic nitrogens is 1. The number of hydrogen-bond donors (Lipinski definition) is 0. The molecular formula is C20H14BrN3O3S. The molecule has 0 aliphatic heterocycles. The zero-order valence-corrected chi connectivity index (χ0v) is 17.1. The van der Waals surface area contributed by atoms with Gasteiger partial charge in [-0.3, -0.25) is 4.79 Å². The lowest BCUT2D eigenvalue weighted by molar-refractivity contribution is 0.0988. The van der Waals surface area contributed by atoms with Gasteiger partial charge in [0, 0.05) is 10.0 Å². The molecule has 0 aliphatic carbocycles. The van der Waals surface area contributed by atoms with Gasteiger partial charge in [-0.1, -0.05) is 33.3 Å². The second-order valence-corrected chi connectivity index (χ2v) is 7.64. The first-order valence-corrected chi connectivity index (χ1v) is 9.87. The van der Waals surface area contributed by atoms with Gasteiger partial charge in [0.15, 0.2) is 0 Å². The highest BCUT2D eigenvalue weighted by Gasteiger charge is 2.21. The van der Waals surface area contributed by atoms with Crippen molar-refractivity contribution in [3.8, 4) is 5.75 Å². The molecule has 2 aromatic heterocycles. The van der Waals surface area contributed by atoms with Crippen LogP contribution in [-0.2, 0) is 0 Å². The molecule has 0 fully saturated rings. The quantitative estimate of drug-likeness (QED) is 0.300. The van der Waals surface area contributed by atoms with E-state index >= 15 is 0 Å². The Morgan fingerprint density at radius 3 is 2.89 bits per heavy atom. The average Bonchev–Trinajstić information content (AvgIpc) is 3.37. The van der Waals surface area contributed by atoms with Crippen molar-refractivity contribution in [3.63, 3.8) is 0 Å². The molecule has 4 aromatic rings.